The lowest BCUT2D eigenvalue weighted by Gasteiger charge is -2.26. The fourth-order valence-corrected chi connectivity index (χ4v) is 8.39. The predicted molar refractivity (Wildman–Crippen MR) is 207 cm³/mol. The van der Waals surface area contributed by atoms with Gasteiger partial charge in [0.05, 0.1) is 0 Å². The van der Waals surface area contributed by atoms with Gasteiger partial charge >= 0.3 is 0 Å². The van der Waals surface area contributed by atoms with Gasteiger partial charge in [-0.3, -0.25) is 0 Å². The van der Waals surface area contributed by atoms with E-state index < -0.39 is 0 Å². The van der Waals surface area contributed by atoms with Crippen molar-refractivity contribution in [1.29, 1.82) is 0 Å². The Morgan fingerprint density at radius 2 is 1.16 bits per heavy atom. The molecule has 0 radical (unpaired) electrons. The van der Waals surface area contributed by atoms with Crippen molar-refractivity contribution in [3.05, 3.63) is 170 Å². The molecule has 0 aliphatic rings. The van der Waals surface area contributed by atoms with Crippen LogP contribution in [0.3, 0.4) is 0 Å². The molecule has 49 heavy (non-hydrogen) atoms. The summed E-state index contributed by atoms with van der Waals surface area (Å²) in [6.45, 7) is 0. The van der Waals surface area contributed by atoms with Gasteiger partial charge in [0.2, 0.25) is 5.89 Å². The van der Waals surface area contributed by atoms with Crippen LogP contribution in [0, 0.1) is 0 Å². The standard InChI is InChI=1S/C45H28N2OS/c1-2-15-32(16-3-1)47(33-17-8-14-31(27-33)36-20-9-13-29-11-4-6-18-35(29)36)34-24-25-38-42(28-34)49-41-22-10-21-39(43(38)41)45-46-44-37-19-7-5-12-30(37)23-26-40(44)48-45/h1-28H. The van der Waals surface area contributed by atoms with Crippen LogP contribution in [0.5, 0.6) is 0 Å². The maximum atomic E-state index is 6.43. The van der Waals surface area contributed by atoms with Crippen molar-refractivity contribution in [3.8, 4) is 22.6 Å². The maximum absolute atomic E-state index is 6.43. The molecule has 0 bridgehead atoms. The molecule has 0 N–H and O–H groups in total. The van der Waals surface area contributed by atoms with Crippen molar-refractivity contribution in [2.75, 3.05) is 4.90 Å². The first kappa shape index (κ1) is 27.8. The van der Waals surface area contributed by atoms with Gasteiger partial charge in [-0.05, 0) is 81.9 Å². The number of rotatable bonds is 5. The minimum absolute atomic E-state index is 0.650. The normalized spacial score (nSPS) is 11.7. The molecule has 8 aromatic carbocycles. The highest BCUT2D eigenvalue weighted by Crippen LogP contribution is 2.44. The summed E-state index contributed by atoms with van der Waals surface area (Å²) in [6, 6.07) is 60.4. The highest BCUT2D eigenvalue weighted by Gasteiger charge is 2.19. The molecule has 2 aromatic heterocycles. The van der Waals surface area contributed by atoms with Gasteiger partial charge in [0, 0.05) is 48.2 Å². The smallest absolute Gasteiger partial charge is 0.228 e. The van der Waals surface area contributed by atoms with E-state index in [0.29, 0.717) is 5.89 Å². The lowest BCUT2D eigenvalue weighted by Crippen LogP contribution is -2.09. The molecule has 230 valence electrons. The second-order valence-corrected chi connectivity index (χ2v) is 13.4. The molecule has 2 heterocycles. The third-order valence-corrected chi connectivity index (χ3v) is 10.6. The maximum Gasteiger partial charge on any atom is 0.228 e. The Morgan fingerprint density at radius 1 is 0.469 bits per heavy atom. The number of para-hydroxylation sites is 1. The van der Waals surface area contributed by atoms with Crippen molar-refractivity contribution in [2.45, 2.75) is 0 Å². The topological polar surface area (TPSA) is 29.3 Å². The molecule has 0 saturated carbocycles. The molecule has 0 unspecified atom stereocenters. The summed E-state index contributed by atoms with van der Waals surface area (Å²) in [4.78, 5) is 7.41. The van der Waals surface area contributed by atoms with E-state index in [1.807, 2.05) is 17.4 Å². The van der Waals surface area contributed by atoms with E-state index >= 15 is 0 Å². The number of anilines is 3. The van der Waals surface area contributed by atoms with Crippen LogP contribution >= 0.6 is 11.3 Å². The zero-order valence-corrected chi connectivity index (χ0v) is 27.2. The number of oxazole rings is 1. The minimum Gasteiger partial charge on any atom is -0.436 e. The highest BCUT2D eigenvalue weighted by molar-refractivity contribution is 7.26. The second kappa shape index (κ2) is 11.2. The van der Waals surface area contributed by atoms with Crippen molar-refractivity contribution >= 4 is 81.2 Å². The zero-order chi connectivity index (χ0) is 32.3. The lowest BCUT2D eigenvalue weighted by molar-refractivity contribution is 0.621. The first-order chi connectivity index (χ1) is 24.3. The summed E-state index contributed by atoms with van der Waals surface area (Å²) in [5.41, 5.74) is 8.46. The summed E-state index contributed by atoms with van der Waals surface area (Å²) in [6.07, 6.45) is 0. The van der Waals surface area contributed by atoms with Gasteiger partial charge in [0.25, 0.3) is 0 Å². The van der Waals surface area contributed by atoms with Gasteiger partial charge < -0.3 is 9.32 Å². The number of thiophene rings is 1. The van der Waals surface area contributed by atoms with E-state index in [2.05, 4.69) is 169 Å². The molecule has 4 heteroatoms. The summed E-state index contributed by atoms with van der Waals surface area (Å²) in [5, 5.41) is 7.13. The van der Waals surface area contributed by atoms with Crippen LogP contribution < -0.4 is 4.90 Å². The van der Waals surface area contributed by atoms with Gasteiger partial charge in [-0.1, -0.05) is 115 Å². The number of nitrogens with zero attached hydrogens (tertiary/aromatic N) is 2. The molecule has 10 aromatic rings. The zero-order valence-electron chi connectivity index (χ0n) is 26.4. The van der Waals surface area contributed by atoms with Crippen molar-refractivity contribution in [1.82, 2.24) is 4.98 Å². The Hall–Kier alpha value is -6.23. The van der Waals surface area contributed by atoms with Gasteiger partial charge in [-0.2, -0.15) is 0 Å². The number of hydrogen-bond acceptors (Lipinski definition) is 4. The molecule has 0 atom stereocenters. The summed E-state index contributed by atoms with van der Waals surface area (Å²) in [5.74, 6) is 0.650. The summed E-state index contributed by atoms with van der Waals surface area (Å²) < 4.78 is 8.85. The first-order valence-corrected chi connectivity index (χ1v) is 17.3. The monoisotopic (exact) mass is 644 g/mol. The highest BCUT2D eigenvalue weighted by atomic mass is 32.1. The quantitative estimate of drug-likeness (QED) is 0.187. The minimum atomic E-state index is 0.650. The van der Waals surface area contributed by atoms with Crippen molar-refractivity contribution < 1.29 is 4.42 Å². The second-order valence-electron chi connectivity index (χ2n) is 12.4. The molecule has 0 fully saturated rings. The van der Waals surface area contributed by atoms with E-state index in [0.717, 1.165) is 44.5 Å². The molecule has 0 spiro atoms. The number of benzene rings is 8. The number of aromatic nitrogens is 1. The van der Waals surface area contributed by atoms with Crippen LogP contribution in [-0.2, 0) is 0 Å². The van der Waals surface area contributed by atoms with Crippen LogP contribution in [-0.4, -0.2) is 4.98 Å². The Labute approximate surface area is 286 Å². The Balaban J connectivity index is 1.12. The molecule has 3 nitrogen and oxygen atoms in total. The molecule has 0 saturated heterocycles. The van der Waals surface area contributed by atoms with Gasteiger partial charge in [0.15, 0.2) is 5.58 Å². The van der Waals surface area contributed by atoms with E-state index in [9.17, 15) is 0 Å². The average Bonchev–Trinajstić information content (AvgIpc) is 3.77. The fourth-order valence-electron chi connectivity index (χ4n) is 7.22. The van der Waals surface area contributed by atoms with E-state index in [-0.39, 0.29) is 0 Å². The van der Waals surface area contributed by atoms with Crippen LogP contribution in [0.1, 0.15) is 0 Å². The molecule has 0 amide bonds. The molecule has 10 rings (SSSR count). The van der Waals surface area contributed by atoms with Crippen LogP contribution in [0.4, 0.5) is 17.1 Å². The van der Waals surface area contributed by atoms with Crippen LogP contribution in [0.2, 0.25) is 0 Å². The van der Waals surface area contributed by atoms with E-state index in [4.69, 9.17) is 9.40 Å². The van der Waals surface area contributed by atoms with Gasteiger partial charge in [-0.15, -0.1) is 11.3 Å². The molecular weight excluding hydrogens is 617 g/mol. The van der Waals surface area contributed by atoms with Crippen LogP contribution in [0.25, 0.3) is 75.4 Å². The Bertz CT molecular complexity index is 2840. The average molecular weight is 645 g/mol. The van der Waals surface area contributed by atoms with E-state index in [1.54, 1.807) is 0 Å². The fraction of sp³-hybridized carbons (Fsp3) is 0. The SMILES string of the molecule is c1ccc(N(c2cccc(-c3cccc4ccccc34)c2)c2ccc3c(c2)sc2cccc(-c4nc5c(ccc6ccccc65)o4)c23)cc1. The third-order valence-electron chi connectivity index (χ3n) is 9.47. The predicted octanol–water partition coefficient (Wildman–Crippen LogP) is 13.3. The summed E-state index contributed by atoms with van der Waals surface area (Å²) >= 11 is 1.81. The third kappa shape index (κ3) is 4.61. The first-order valence-electron chi connectivity index (χ1n) is 16.5. The number of hydrogen-bond donors (Lipinski definition) is 0. The van der Waals surface area contributed by atoms with Crippen molar-refractivity contribution in [3.63, 3.8) is 0 Å². The molecule has 0 aliphatic carbocycles. The Morgan fingerprint density at radius 3 is 2.06 bits per heavy atom. The summed E-state index contributed by atoms with van der Waals surface area (Å²) in [7, 11) is 0. The molecular formula is C45H28N2OS. The van der Waals surface area contributed by atoms with Gasteiger partial charge in [-0.25, -0.2) is 4.98 Å². The molecule has 0 aliphatic heterocycles. The Kier molecular flexibility index (Phi) is 6.36. The van der Waals surface area contributed by atoms with E-state index in [1.165, 1.54) is 42.1 Å². The van der Waals surface area contributed by atoms with Crippen LogP contribution in [0.15, 0.2) is 174 Å². The number of fused-ring (bicyclic) bond motifs is 7. The van der Waals surface area contributed by atoms with Crippen molar-refractivity contribution in [2.24, 2.45) is 0 Å². The van der Waals surface area contributed by atoms with Gasteiger partial charge in [0.1, 0.15) is 5.52 Å². The largest absolute Gasteiger partial charge is 0.436 e. The lowest BCUT2D eigenvalue weighted by atomic mass is 9.97.